The van der Waals surface area contributed by atoms with Crippen LogP contribution in [0.15, 0.2) is 0 Å². The molecule has 2 aliphatic heterocycles. The Balaban J connectivity index is 1.61. The lowest BCUT2D eigenvalue weighted by Gasteiger charge is -2.62. The average Bonchev–Trinajstić information content (AvgIpc) is 3.49. The quantitative estimate of drug-likeness (QED) is 0.473. The minimum absolute atomic E-state index is 0.108. The van der Waals surface area contributed by atoms with Crippen LogP contribution >= 0.6 is 0 Å². The zero-order valence-corrected chi connectivity index (χ0v) is 18.7. The summed E-state index contributed by atoms with van der Waals surface area (Å²) in [6.07, 6.45) is -1.57. The molecule has 0 aromatic carbocycles. The summed E-state index contributed by atoms with van der Waals surface area (Å²) < 4.78 is 21.9. The maximum absolute atomic E-state index is 11.3. The molecule has 2 heterocycles. The van der Waals surface area contributed by atoms with Gasteiger partial charge < -0.3 is 39.4 Å². The van der Waals surface area contributed by atoms with Gasteiger partial charge in [0.15, 0.2) is 12.6 Å². The summed E-state index contributed by atoms with van der Waals surface area (Å²) in [4.78, 5) is 0. The van der Waals surface area contributed by atoms with Crippen molar-refractivity contribution >= 4 is 0 Å². The van der Waals surface area contributed by atoms with E-state index in [-0.39, 0.29) is 23.2 Å². The van der Waals surface area contributed by atoms with Gasteiger partial charge in [-0.3, -0.25) is 0 Å². The zero-order chi connectivity index (χ0) is 22.1. The third kappa shape index (κ3) is 2.88. The second-order valence-electron chi connectivity index (χ2n) is 10.6. The summed E-state index contributed by atoms with van der Waals surface area (Å²) in [5, 5.41) is 43.4. The molecular formula is C22H38O8. The zero-order valence-electron chi connectivity index (χ0n) is 18.7. The summed E-state index contributed by atoms with van der Waals surface area (Å²) in [5.74, 6) is 0.452. The first-order valence-electron chi connectivity index (χ1n) is 11.1. The predicted molar refractivity (Wildman–Crippen MR) is 106 cm³/mol. The number of hydrogen-bond donors (Lipinski definition) is 4. The van der Waals surface area contributed by atoms with E-state index in [9.17, 15) is 20.4 Å². The van der Waals surface area contributed by atoms with E-state index < -0.39 is 42.1 Å². The molecular weight excluding hydrogens is 392 g/mol. The van der Waals surface area contributed by atoms with Crippen LogP contribution in [0.1, 0.15) is 52.9 Å². The Labute approximate surface area is 178 Å². The summed E-state index contributed by atoms with van der Waals surface area (Å²) >= 11 is 0. The first-order chi connectivity index (χ1) is 14.0. The third-order valence-corrected chi connectivity index (χ3v) is 9.48. The standard InChI is InChI=1S/C22H38O8/c1-12-6-7-20(3)14(10-13(23)15(24)22(20)11-29-22)19(12,2)8-9-21(26)16(25)17(27-4)30-18(21)28-5/h12-18,23-26H,6-11H2,1-5H3/t12-,13+,14-,15+,16+,17-,18+,19-,20-,21+,22+/m1/s1. The Morgan fingerprint density at radius 1 is 1.03 bits per heavy atom. The van der Waals surface area contributed by atoms with Crippen LogP contribution in [-0.2, 0) is 18.9 Å². The van der Waals surface area contributed by atoms with Crippen molar-refractivity contribution in [3.05, 3.63) is 0 Å². The Bertz CT molecular complexity index is 651. The van der Waals surface area contributed by atoms with Crippen LogP contribution in [0.4, 0.5) is 0 Å². The maximum atomic E-state index is 11.3. The van der Waals surface area contributed by atoms with Gasteiger partial charge in [0.2, 0.25) is 0 Å². The molecule has 11 atom stereocenters. The van der Waals surface area contributed by atoms with Crippen molar-refractivity contribution in [2.75, 3.05) is 20.8 Å². The minimum atomic E-state index is -1.59. The normalized spacial score (nSPS) is 58.1. The molecule has 4 aliphatic rings. The lowest BCUT2D eigenvalue weighted by Crippen LogP contribution is -2.65. The lowest BCUT2D eigenvalue weighted by molar-refractivity contribution is -0.225. The number of ether oxygens (including phenoxy) is 4. The molecule has 2 aliphatic carbocycles. The van der Waals surface area contributed by atoms with E-state index in [0.717, 1.165) is 12.8 Å². The fraction of sp³-hybridized carbons (Fsp3) is 1.00. The van der Waals surface area contributed by atoms with Gasteiger partial charge in [-0.2, -0.15) is 0 Å². The third-order valence-electron chi connectivity index (χ3n) is 9.48. The van der Waals surface area contributed by atoms with E-state index in [2.05, 4.69) is 20.8 Å². The maximum Gasteiger partial charge on any atom is 0.191 e. The second-order valence-corrected chi connectivity index (χ2v) is 10.6. The van der Waals surface area contributed by atoms with Crippen molar-refractivity contribution in [1.29, 1.82) is 0 Å². The van der Waals surface area contributed by atoms with Crippen molar-refractivity contribution in [3.63, 3.8) is 0 Å². The molecule has 30 heavy (non-hydrogen) atoms. The van der Waals surface area contributed by atoms with Gasteiger partial charge in [-0.25, -0.2) is 0 Å². The highest BCUT2D eigenvalue weighted by Crippen LogP contribution is 2.68. The number of hydrogen-bond acceptors (Lipinski definition) is 8. The van der Waals surface area contributed by atoms with Crippen LogP contribution in [0.2, 0.25) is 0 Å². The highest BCUT2D eigenvalue weighted by molar-refractivity contribution is 5.21. The van der Waals surface area contributed by atoms with Crippen molar-refractivity contribution in [2.24, 2.45) is 22.7 Å². The molecule has 0 unspecified atom stereocenters. The molecule has 0 aromatic heterocycles. The summed E-state index contributed by atoms with van der Waals surface area (Å²) in [5.41, 5.74) is -2.76. The molecule has 8 nitrogen and oxygen atoms in total. The topological polar surface area (TPSA) is 121 Å². The second kappa shape index (κ2) is 7.35. The number of fused-ring (bicyclic) bond motifs is 2. The summed E-state index contributed by atoms with van der Waals surface area (Å²) in [6.45, 7) is 7.09. The molecule has 4 rings (SSSR count). The first-order valence-corrected chi connectivity index (χ1v) is 11.1. The SMILES string of the molecule is CO[C@@H]1O[C@H](OC)[C@](O)(CC[C@]2(C)[C@H](C)CC[C@]3(C)[C@@H]2C[C@H](O)[C@H](O)[C@@]32CO2)[C@H]1O. The van der Waals surface area contributed by atoms with Crippen LogP contribution in [0, 0.1) is 22.7 Å². The van der Waals surface area contributed by atoms with Gasteiger partial charge in [0.1, 0.15) is 23.4 Å². The van der Waals surface area contributed by atoms with Crippen molar-refractivity contribution in [3.8, 4) is 0 Å². The van der Waals surface area contributed by atoms with E-state index in [1.54, 1.807) is 0 Å². The van der Waals surface area contributed by atoms with E-state index >= 15 is 0 Å². The Hall–Kier alpha value is -0.320. The first kappa shape index (κ1) is 22.9. The highest BCUT2D eigenvalue weighted by atomic mass is 16.8. The fourth-order valence-corrected chi connectivity index (χ4v) is 7.01. The lowest BCUT2D eigenvalue weighted by atomic mass is 9.43. The van der Waals surface area contributed by atoms with Crippen molar-refractivity contribution in [2.45, 2.75) is 95.0 Å². The molecule has 2 saturated heterocycles. The molecule has 1 spiro atoms. The minimum Gasteiger partial charge on any atom is -0.390 e. The van der Waals surface area contributed by atoms with E-state index in [1.165, 1.54) is 14.2 Å². The summed E-state index contributed by atoms with van der Waals surface area (Å²) in [6, 6.07) is 0. The van der Waals surface area contributed by atoms with Gasteiger partial charge in [0, 0.05) is 19.6 Å². The van der Waals surface area contributed by atoms with Gasteiger partial charge in [-0.1, -0.05) is 20.8 Å². The molecule has 4 N–H and O–H groups in total. The number of aliphatic hydroxyl groups excluding tert-OH is 3. The van der Waals surface area contributed by atoms with Crippen LogP contribution in [0.25, 0.3) is 0 Å². The van der Waals surface area contributed by atoms with Gasteiger partial charge in [-0.15, -0.1) is 0 Å². The molecule has 8 heteroatoms. The highest BCUT2D eigenvalue weighted by Gasteiger charge is 2.73. The number of epoxide rings is 1. The number of aliphatic hydroxyl groups is 4. The summed E-state index contributed by atoms with van der Waals surface area (Å²) in [7, 11) is 2.86. The fourth-order valence-electron chi connectivity index (χ4n) is 7.01. The molecule has 174 valence electrons. The van der Waals surface area contributed by atoms with Crippen molar-refractivity contribution in [1.82, 2.24) is 0 Å². The van der Waals surface area contributed by atoms with Gasteiger partial charge in [0.25, 0.3) is 0 Å². The average molecular weight is 431 g/mol. The van der Waals surface area contributed by atoms with E-state index in [4.69, 9.17) is 18.9 Å². The van der Waals surface area contributed by atoms with E-state index in [1.807, 2.05) is 0 Å². The van der Waals surface area contributed by atoms with Gasteiger partial charge >= 0.3 is 0 Å². The van der Waals surface area contributed by atoms with Crippen LogP contribution in [0.3, 0.4) is 0 Å². The predicted octanol–water partition coefficient (Wildman–Crippen LogP) is 0.787. The van der Waals surface area contributed by atoms with Gasteiger partial charge in [-0.05, 0) is 49.4 Å². The number of methoxy groups -OCH3 is 2. The molecule has 0 bridgehead atoms. The monoisotopic (exact) mass is 430 g/mol. The molecule has 2 saturated carbocycles. The Morgan fingerprint density at radius 2 is 1.70 bits per heavy atom. The largest absolute Gasteiger partial charge is 0.390 e. The van der Waals surface area contributed by atoms with Crippen LogP contribution < -0.4 is 0 Å². The molecule has 0 aromatic rings. The molecule has 4 fully saturated rings. The Morgan fingerprint density at radius 3 is 2.27 bits per heavy atom. The number of rotatable bonds is 5. The van der Waals surface area contributed by atoms with Gasteiger partial charge in [0.05, 0.1) is 12.7 Å². The Kier molecular flexibility index (Phi) is 5.60. The molecule has 0 amide bonds. The van der Waals surface area contributed by atoms with Crippen LogP contribution in [-0.4, -0.2) is 83.3 Å². The van der Waals surface area contributed by atoms with Crippen LogP contribution in [0.5, 0.6) is 0 Å². The van der Waals surface area contributed by atoms with Crippen molar-refractivity contribution < 1.29 is 39.4 Å². The van der Waals surface area contributed by atoms with E-state index in [0.29, 0.717) is 25.4 Å². The smallest absolute Gasteiger partial charge is 0.191 e. The molecule has 0 radical (unpaired) electrons.